The van der Waals surface area contributed by atoms with Gasteiger partial charge in [-0.2, -0.15) is 0 Å². The predicted molar refractivity (Wildman–Crippen MR) is 153 cm³/mol. The Kier molecular flexibility index (Phi) is 7.02. The van der Waals surface area contributed by atoms with Crippen LogP contribution in [0, 0.1) is 0 Å². The van der Waals surface area contributed by atoms with Crippen LogP contribution in [-0.2, 0) is 11.8 Å². The molecule has 5 rings (SSSR count). The molecule has 4 aromatic rings. The van der Waals surface area contributed by atoms with Gasteiger partial charge in [-0.1, -0.05) is 24.8 Å². The van der Waals surface area contributed by atoms with Crippen molar-refractivity contribution in [1.29, 1.82) is 0 Å². The Bertz CT molecular complexity index is 1490. The fourth-order valence-corrected chi connectivity index (χ4v) is 5.02. The van der Waals surface area contributed by atoms with Gasteiger partial charge >= 0.3 is 0 Å². The molecule has 0 radical (unpaired) electrons. The first kappa shape index (κ1) is 25.3. The molecule has 2 aromatic carbocycles. The summed E-state index contributed by atoms with van der Waals surface area (Å²) in [6, 6.07) is 14.4. The largest absolute Gasteiger partial charge is 0.494 e. The van der Waals surface area contributed by atoms with E-state index in [-0.39, 0.29) is 5.91 Å². The number of aryl methyl sites for hydroxylation is 1. The SMILES string of the molecule is C=CC(=O)Nc1cc(Nc2cc(-c3cn(C)c4ccccc34)ncn2)c(OC)cc1N1CCC(N(C)C)C1. The van der Waals surface area contributed by atoms with Gasteiger partial charge < -0.3 is 29.7 Å². The number of carbonyl (C=O) groups is 1. The fraction of sp³-hybridized carbons (Fsp3) is 0.276. The highest BCUT2D eigenvalue weighted by Crippen LogP contribution is 2.40. The molecule has 3 heterocycles. The first-order valence-electron chi connectivity index (χ1n) is 12.6. The zero-order valence-electron chi connectivity index (χ0n) is 22.2. The van der Waals surface area contributed by atoms with Crippen molar-refractivity contribution in [2.24, 2.45) is 7.05 Å². The lowest BCUT2D eigenvalue weighted by molar-refractivity contribution is -0.111. The Morgan fingerprint density at radius 3 is 2.74 bits per heavy atom. The number of nitrogens with one attached hydrogen (secondary N) is 2. The molecule has 1 aliphatic rings. The number of hydrogen-bond donors (Lipinski definition) is 2. The smallest absolute Gasteiger partial charge is 0.247 e. The standard InChI is InChI=1S/C29H33N7O2/c1-6-29(37)33-23-13-24(27(38-5)15-26(23)36-12-11-19(16-36)34(2)3)32-28-14-22(30-18-31-28)21-17-35(4)25-10-8-7-9-20(21)25/h6-10,13-15,17-19H,1,11-12,16H2,2-5H3,(H,33,37)(H,30,31,32). The third kappa shape index (κ3) is 4.92. The number of para-hydroxylation sites is 1. The lowest BCUT2D eigenvalue weighted by Gasteiger charge is -2.25. The maximum absolute atomic E-state index is 12.3. The third-order valence-electron chi connectivity index (χ3n) is 7.10. The fourth-order valence-electron chi connectivity index (χ4n) is 5.02. The predicted octanol–water partition coefficient (Wildman–Crippen LogP) is 4.65. The first-order chi connectivity index (χ1) is 18.4. The Morgan fingerprint density at radius 2 is 2.00 bits per heavy atom. The summed E-state index contributed by atoms with van der Waals surface area (Å²) in [5.74, 6) is 0.991. The molecule has 0 aliphatic carbocycles. The number of likely N-dealkylation sites (N-methyl/N-ethyl adjacent to an activating group) is 1. The molecule has 1 amide bonds. The maximum atomic E-state index is 12.3. The van der Waals surface area contributed by atoms with Crippen molar-refractivity contribution in [1.82, 2.24) is 19.4 Å². The van der Waals surface area contributed by atoms with E-state index >= 15 is 0 Å². The molecule has 1 atom stereocenters. The van der Waals surface area contributed by atoms with Crippen molar-refractivity contribution in [2.75, 3.05) is 49.8 Å². The molecule has 9 heteroatoms. The van der Waals surface area contributed by atoms with Gasteiger partial charge in [0.15, 0.2) is 0 Å². The van der Waals surface area contributed by atoms with E-state index in [1.165, 1.54) is 6.08 Å². The number of hydrogen-bond acceptors (Lipinski definition) is 7. The van der Waals surface area contributed by atoms with E-state index in [0.29, 0.717) is 29.0 Å². The second-order valence-electron chi connectivity index (χ2n) is 9.70. The number of anilines is 4. The van der Waals surface area contributed by atoms with E-state index in [9.17, 15) is 4.79 Å². The highest BCUT2D eigenvalue weighted by atomic mass is 16.5. The summed E-state index contributed by atoms with van der Waals surface area (Å²) < 4.78 is 7.87. The van der Waals surface area contributed by atoms with Crippen LogP contribution in [-0.4, -0.2) is 65.7 Å². The average Bonchev–Trinajstić information content (AvgIpc) is 3.55. The van der Waals surface area contributed by atoms with Crippen LogP contribution in [0.3, 0.4) is 0 Å². The van der Waals surface area contributed by atoms with E-state index in [1.807, 2.05) is 37.4 Å². The minimum absolute atomic E-state index is 0.272. The normalized spacial score (nSPS) is 15.2. The van der Waals surface area contributed by atoms with Crippen molar-refractivity contribution >= 4 is 39.7 Å². The molecule has 1 unspecified atom stereocenters. The van der Waals surface area contributed by atoms with Crippen molar-refractivity contribution in [3.05, 3.63) is 67.6 Å². The highest BCUT2D eigenvalue weighted by Gasteiger charge is 2.27. The number of methoxy groups -OCH3 is 1. The molecule has 0 spiro atoms. The molecule has 2 aromatic heterocycles. The molecular formula is C29H33N7O2. The number of ether oxygens (including phenoxy) is 1. The molecule has 2 N–H and O–H groups in total. The number of benzene rings is 2. The van der Waals surface area contributed by atoms with Crippen LogP contribution in [0.1, 0.15) is 6.42 Å². The molecule has 1 aliphatic heterocycles. The number of aromatic nitrogens is 3. The van der Waals surface area contributed by atoms with E-state index < -0.39 is 0 Å². The van der Waals surface area contributed by atoms with Gasteiger partial charge in [0.2, 0.25) is 5.91 Å². The van der Waals surface area contributed by atoms with Crippen molar-refractivity contribution in [2.45, 2.75) is 12.5 Å². The molecule has 196 valence electrons. The summed E-state index contributed by atoms with van der Waals surface area (Å²) in [4.78, 5) is 25.8. The first-order valence-corrected chi connectivity index (χ1v) is 12.6. The number of carbonyl (C=O) groups excluding carboxylic acids is 1. The number of rotatable bonds is 8. The second-order valence-corrected chi connectivity index (χ2v) is 9.70. The molecule has 1 fully saturated rings. The summed E-state index contributed by atoms with van der Waals surface area (Å²) in [6.45, 7) is 5.36. The molecule has 0 saturated carbocycles. The molecule has 38 heavy (non-hydrogen) atoms. The summed E-state index contributed by atoms with van der Waals surface area (Å²) in [6.07, 6.45) is 5.94. The summed E-state index contributed by atoms with van der Waals surface area (Å²) in [5, 5.41) is 7.48. The topological polar surface area (TPSA) is 87.5 Å². The number of fused-ring (bicyclic) bond motifs is 1. The van der Waals surface area contributed by atoms with Crippen molar-refractivity contribution in [3.63, 3.8) is 0 Å². The zero-order chi connectivity index (χ0) is 26.8. The molecule has 9 nitrogen and oxygen atoms in total. The van der Waals surface area contributed by atoms with E-state index in [0.717, 1.165) is 47.4 Å². The maximum Gasteiger partial charge on any atom is 0.247 e. The average molecular weight is 512 g/mol. The number of nitrogens with zero attached hydrogens (tertiary/aromatic N) is 5. The van der Waals surface area contributed by atoms with Crippen LogP contribution in [0.15, 0.2) is 67.6 Å². The Balaban J connectivity index is 1.50. The van der Waals surface area contributed by atoms with Crippen molar-refractivity contribution < 1.29 is 9.53 Å². The summed E-state index contributed by atoms with van der Waals surface area (Å²) >= 11 is 0. The van der Waals surface area contributed by atoms with Crippen molar-refractivity contribution in [3.8, 4) is 17.0 Å². The van der Waals surface area contributed by atoms with Crippen LogP contribution < -0.4 is 20.3 Å². The number of amides is 1. The van der Waals surface area contributed by atoms with Gasteiger partial charge in [0, 0.05) is 61.0 Å². The Hall–Kier alpha value is -4.37. The Labute approximate surface area is 222 Å². The monoisotopic (exact) mass is 511 g/mol. The van der Waals surface area contributed by atoms with Crippen LogP contribution >= 0.6 is 0 Å². The van der Waals surface area contributed by atoms with Crippen LogP contribution in [0.2, 0.25) is 0 Å². The highest BCUT2D eigenvalue weighted by molar-refractivity contribution is 6.02. The minimum atomic E-state index is -0.272. The lowest BCUT2D eigenvalue weighted by atomic mass is 10.1. The molecule has 1 saturated heterocycles. The van der Waals surface area contributed by atoms with Gasteiger partial charge in [-0.25, -0.2) is 9.97 Å². The van der Waals surface area contributed by atoms with Crippen LogP contribution in [0.4, 0.5) is 22.9 Å². The quantitative estimate of drug-likeness (QED) is 0.333. The van der Waals surface area contributed by atoms with Gasteiger partial charge in [0.25, 0.3) is 0 Å². The van der Waals surface area contributed by atoms with Gasteiger partial charge in [-0.15, -0.1) is 0 Å². The summed E-state index contributed by atoms with van der Waals surface area (Å²) in [5.41, 5.74) is 5.24. The lowest BCUT2D eigenvalue weighted by Crippen LogP contribution is -2.31. The minimum Gasteiger partial charge on any atom is -0.494 e. The Morgan fingerprint density at radius 1 is 1.18 bits per heavy atom. The third-order valence-corrected chi connectivity index (χ3v) is 7.10. The molecular weight excluding hydrogens is 478 g/mol. The van der Waals surface area contributed by atoms with Gasteiger partial charge in [-0.05, 0) is 38.7 Å². The van der Waals surface area contributed by atoms with Gasteiger partial charge in [0.05, 0.1) is 29.9 Å². The van der Waals surface area contributed by atoms with Gasteiger partial charge in [0.1, 0.15) is 17.9 Å². The van der Waals surface area contributed by atoms with E-state index in [4.69, 9.17) is 4.74 Å². The van der Waals surface area contributed by atoms with Crippen LogP contribution in [0.25, 0.3) is 22.2 Å². The summed E-state index contributed by atoms with van der Waals surface area (Å²) in [7, 11) is 7.85. The molecule has 0 bridgehead atoms. The van der Waals surface area contributed by atoms with E-state index in [2.05, 4.69) is 74.0 Å². The van der Waals surface area contributed by atoms with Crippen LogP contribution in [0.5, 0.6) is 5.75 Å². The zero-order valence-corrected chi connectivity index (χ0v) is 22.2. The van der Waals surface area contributed by atoms with E-state index in [1.54, 1.807) is 13.4 Å². The second kappa shape index (κ2) is 10.5. The van der Waals surface area contributed by atoms with Gasteiger partial charge in [-0.3, -0.25) is 4.79 Å².